The summed E-state index contributed by atoms with van der Waals surface area (Å²) >= 11 is 5.90. The molecule has 2 heterocycles. The Morgan fingerprint density at radius 1 is 1.26 bits per heavy atom. The van der Waals surface area contributed by atoms with Crippen molar-refractivity contribution >= 4 is 22.6 Å². The van der Waals surface area contributed by atoms with Crippen LogP contribution in [0.4, 0.5) is 4.39 Å². The number of hydrogen-bond acceptors (Lipinski definition) is 2. The lowest BCUT2D eigenvalue weighted by atomic mass is 10.3. The molecule has 0 N–H and O–H groups in total. The van der Waals surface area contributed by atoms with Crippen LogP contribution in [0.5, 0.6) is 0 Å². The van der Waals surface area contributed by atoms with Gasteiger partial charge in [0.1, 0.15) is 11.6 Å². The molecule has 4 nitrogen and oxygen atoms in total. The topological polar surface area (TPSA) is 35.6 Å². The van der Waals surface area contributed by atoms with Crippen LogP contribution in [0.2, 0.25) is 0 Å². The maximum absolute atomic E-state index is 13.4. The zero-order valence-electron chi connectivity index (χ0n) is 10.1. The van der Waals surface area contributed by atoms with Crippen LogP contribution in [0.3, 0.4) is 0 Å². The van der Waals surface area contributed by atoms with E-state index in [1.54, 1.807) is 12.3 Å². The van der Waals surface area contributed by atoms with Gasteiger partial charge in [-0.3, -0.25) is 4.68 Å². The average molecular weight is 279 g/mol. The molecule has 98 valence electrons. The van der Waals surface area contributed by atoms with Gasteiger partial charge in [-0.25, -0.2) is 9.37 Å². The molecular formula is C13H12ClFN4. The molecule has 0 saturated carbocycles. The fourth-order valence-corrected chi connectivity index (χ4v) is 2.34. The van der Waals surface area contributed by atoms with Gasteiger partial charge in [0.15, 0.2) is 0 Å². The Hall–Kier alpha value is -1.88. The van der Waals surface area contributed by atoms with Crippen molar-refractivity contribution in [2.75, 3.05) is 0 Å². The van der Waals surface area contributed by atoms with Crippen LogP contribution < -0.4 is 0 Å². The van der Waals surface area contributed by atoms with Crippen molar-refractivity contribution in [1.29, 1.82) is 0 Å². The molecular weight excluding hydrogens is 267 g/mol. The van der Waals surface area contributed by atoms with Gasteiger partial charge in [-0.15, -0.1) is 11.6 Å². The molecule has 19 heavy (non-hydrogen) atoms. The number of rotatable bonds is 4. The van der Waals surface area contributed by atoms with Crippen LogP contribution in [0, 0.1) is 5.82 Å². The molecule has 0 fully saturated rings. The third-order valence-electron chi connectivity index (χ3n) is 3.02. The summed E-state index contributed by atoms with van der Waals surface area (Å²) in [5.41, 5.74) is 1.53. The lowest BCUT2D eigenvalue weighted by molar-refractivity contribution is 0.532. The van der Waals surface area contributed by atoms with Crippen molar-refractivity contribution in [2.24, 2.45) is 0 Å². The van der Waals surface area contributed by atoms with Gasteiger partial charge < -0.3 is 4.57 Å². The zero-order valence-corrected chi connectivity index (χ0v) is 10.9. The number of alkyl halides is 1. The van der Waals surface area contributed by atoms with Crippen LogP contribution in [-0.4, -0.2) is 19.3 Å². The second kappa shape index (κ2) is 5.01. The number of hydrogen-bond donors (Lipinski definition) is 0. The number of nitrogens with zero attached hydrogens (tertiary/aromatic N) is 4. The predicted molar refractivity (Wildman–Crippen MR) is 71.5 cm³/mol. The van der Waals surface area contributed by atoms with Crippen molar-refractivity contribution in [3.63, 3.8) is 0 Å². The molecule has 1 aromatic carbocycles. The third kappa shape index (κ3) is 2.33. The maximum Gasteiger partial charge on any atom is 0.125 e. The predicted octanol–water partition coefficient (Wildman–Crippen LogP) is 2.81. The normalized spacial score (nSPS) is 11.3. The summed E-state index contributed by atoms with van der Waals surface area (Å²) in [5.74, 6) is 0.776. The molecule has 0 aliphatic heterocycles. The molecule has 6 heteroatoms. The highest BCUT2D eigenvalue weighted by atomic mass is 35.5. The second-order valence-corrected chi connectivity index (χ2v) is 4.48. The van der Waals surface area contributed by atoms with Crippen molar-refractivity contribution in [2.45, 2.75) is 19.0 Å². The Kier molecular flexibility index (Phi) is 3.21. The summed E-state index contributed by atoms with van der Waals surface area (Å²) < 4.78 is 17.1. The highest BCUT2D eigenvalue weighted by Crippen LogP contribution is 2.19. The average Bonchev–Trinajstić information content (AvgIpc) is 3.03. The first kappa shape index (κ1) is 12.2. The van der Waals surface area contributed by atoms with Gasteiger partial charge in [-0.1, -0.05) is 0 Å². The van der Waals surface area contributed by atoms with Gasteiger partial charge in [0.25, 0.3) is 0 Å². The van der Waals surface area contributed by atoms with Gasteiger partial charge in [0.2, 0.25) is 0 Å². The fraction of sp³-hybridized carbons (Fsp3) is 0.231. The van der Waals surface area contributed by atoms with Crippen molar-refractivity contribution in [3.8, 4) is 0 Å². The Labute approximate surface area is 114 Å². The van der Waals surface area contributed by atoms with E-state index in [2.05, 4.69) is 10.1 Å². The quantitative estimate of drug-likeness (QED) is 0.688. The first-order valence-corrected chi connectivity index (χ1v) is 6.49. The first-order valence-electron chi connectivity index (χ1n) is 5.96. The van der Waals surface area contributed by atoms with E-state index >= 15 is 0 Å². The molecule has 0 amide bonds. The lowest BCUT2D eigenvalue weighted by Crippen LogP contribution is -2.10. The molecule has 0 radical (unpaired) electrons. The fourth-order valence-electron chi connectivity index (χ4n) is 2.13. The molecule has 0 unspecified atom stereocenters. The molecule has 3 rings (SSSR count). The minimum atomic E-state index is -0.270. The third-order valence-corrected chi connectivity index (χ3v) is 3.26. The standard InChI is InChI=1S/C13H12ClFN4/c14-9-13-17-11-3-2-10(15)8-12(11)19(13)7-6-18-5-1-4-16-18/h1-5,8H,6-7,9H2. The zero-order chi connectivity index (χ0) is 13.2. The van der Waals surface area contributed by atoms with E-state index in [0.29, 0.717) is 19.0 Å². The van der Waals surface area contributed by atoms with E-state index in [1.807, 2.05) is 21.5 Å². The molecule has 0 aliphatic carbocycles. The van der Waals surface area contributed by atoms with Crippen molar-refractivity contribution in [1.82, 2.24) is 19.3 Å². The summed E-state index contributed by atoms with van der Waals surface area (Å²) in [5, 5.41) is 4.14. The molecule has 3 aromatic rings. The molecule has 0 aliphatic rings. The molecule has 0 spiro atoms. The van der Waals surface area contributed by atoms with E-state index in [1.165, 1.54) is 12.1 Å². The number of halogens is 2. The highest BCUT2D eigenvalue weighted by molar-refractivity contribution is 6.16. The summed E-state index contributed by atoms with van der Waals surface area (Å²) in [6, 6.07) is 6.44. The Balaban J connectivity index is 1.97. The summed E-state index contributed by atoms with van der Waals surface area (Å²) in [4.78, 5) is 4.41. The molecule has 2 aromatic heterocycles. The smallest absolute Gasteiger partial charge is 0.125 e. The van der Waals surface area contributed by atoms with Gasteiger partial charge in [0, 0.05) is 18.9 Å². The molecule has 0 saturated heterocycles. The molecule has 0 bridgehead atoms. The monoisotopic (exact) mass is 278 g/mol. The second-order valence-electron chi connectivity index (χ2n) is 4.22. The largest absolute Gasteiger partial charge is 0.325 e. The maximum atomic E-state index is 13.4. The first-order chi connectivity index (χ1) is 9.28. The summed E-state index contributed by atoms with van der Waals surface area (Å²) in [7, 11) is 0. The van der Waals surface area contributed by atoms with E-state index in [-0.39, 0.29) is 5.82 Å². The number of aryl methyl sites for hydroxylation is 2. The van der Waals surface area contributed by atoms with Gasteiger partial charge >= 0.3 is 0 Å². The van der Waals surface area contributed by atoms with Gasteiger partial charge in [-0.2, -0.15) is 5.10 Å². The minimum absolute atomic E-state index is 0.270. The van der Waals surface area contributed by atoms with Crippen LogP contribution in [0.15, 0.2) is 36.7 Å². The Bertz CT molecular complexity index is 690. The number of fused-ring (bicyclic) bond motifs is 1. The van der Waals surface area contributed by atoms with Gasteiger partial charge in [-0.05, 0) is 24.3 Å². The highest BCUT2D eigenvalue weighted by Gasteiger charge is 2.10. The number of aromatic nitrogens is 4. The van der Waals surface area contributed by atoms with E-state index in [4.69, 9.17) is 11.6 Å². The van der Waals surface area contributed by atoms with Crippen LogP contribution in [0.1, 0.15) is 5.82 Å². The lowest BCUT2D eigenvalue weighted by Gasteiger charge is -2.07. The van der Waals surface area contributed by atoms with Crippen molar-refractivity contribution < 1.29 is 4.39 Å². The Morgan fingerprint density at radius 3 is 2.89 bits per heavy atom. The summed E-state index contributed by atoms with van der Waals surface area (Å²) in [6.45, 7) is 1.35. The summed E-state index contributed by atoms with van der Waals surface area (Å²) in [6.07, 6.45) is 3.62. The number of benzene rings is 1. The SMILES string of the molecule is Fc1ccc2nc(CCl)n(CCn3cccn3)c2c1. The van der Waals surface area contributed by atoms with Crippen molar-refractivity contribution in [3.05, 3.63) is 48.3 Å². The van der Waals surface area contributed by atoms with Crippen LogP contribution in [-0.2, 0) is 19.0 Å². The Morgan fingerprint density at radius 2 is 2.16 bits per heavy atom. The van der Waals surface area contributed by atoms with Crippen LogP contribution in [0.25, 0.3) is 11.0 Å². The van der Waals surface area contributed by atoms with Gasteiger partial charge in [0.05, 0.1) is 23.5 Å². The van der Waals surface area contributed by atoms with E-state index < -0.39 is 0 Å². The van der Waals surface area contributed by atoms with E-state index in [9.17, 15) is 4.39 Å². The van der Waals surface area contributed by atoms with E-state index in [0.717, 1.165) is 16.9 Å². The molecule has 0 atom stereocenters. The van der Waals surface area contributed by atoms with Crippen LogP contribution >= 0.6 is 11.6 Å². The number of imidazole rings is 1. The minimum Gasteiger partial charge on any atom is -0.325 e.